The van der Waals surface area contributed by atoms with Crippen molar-refractivity contribution in [3.63, 3.8) is 0 Å². The number of fused-ring (bicyclic) bond motifs is 1. The lowest BCUT2D eigenvalue weighted by Crippen LogP contribution is -2.38. The molecule has 0 radical (unpaired) electrons. The van der Waals surface area contributed by atoms with Gasteiger partial charge in [-0.25, -0.2) is 9.69 Å². The predicted molar refractivity (Wildman–Crippen MR) is 78.2 cm³/mol. The second kappa shape index (κ2) is 4.53. The number of carbonyl (C=O) groups excluding carboxylic acids is 2. The van der Waals surface area contributed by atoms with Crippen LogP contribution in [0.15, 0.2) is 36.4 Å². The van der Waals surface area contributed by atoms with Crippen molar-refractivity contribution in [2.75, 3.05) is 4.90 Å². The average molecular weight is 297 g/mol. The van der Waals surface area contributed by atoms with Gasteiger partial charge in [0, 0.05) is 0 Å². The van der Waals surface area contributed by atoms with Crippen molar-refractivity contribution in [3.05, 3.63) is 42.0 Å². The van der Waals surface area contributed by atoms with Gasteiger partial charge in [0.15, 0.2) is 0 Å². The van der Waals surface area contributed by atoms with Gasteiger partial charge in [-0.2, -0.15) is 0 Å². The van der Waals surface area contributed by atoms with Crippen LogP contribution in [0.4, 0.5) is 5.69 Å². The number of hydrogen-bond donors (Lipinski definition) is 1. The molecule has 0 aromatic heterocycles. The first-order valence-corrected chi connectivity index (χ1v) is 7.47. The zero-order valence-corrected chi connectivity index (χ0v) is 11.8. The highest BCUT2D eigenvalue weighted by molar-refractivity contribution is 6.22. The first-order chi connectivity index (χ1) is 10.6. The Morgan fingerprint density at radius 3 is 2.14 bits per heavy atom. The Morgan fingerprint density at radius 2 is 1.64 bits per heavy atom. The van der Waals surface area contributed by atoms with Crippen LogP contribution in [0.5, 0.6) is 0 Å². The van der Waals surface area contributed by atoms with Crippen LogP contribution in [0.2, 0.25) is 0 Å². The minimum Gasteiger partial charge on any atom is -0.478 e. The lowest BCUT2D eigenvalue weighted by Gasteiger charge is -2.38. The zero-order valence-electron chi connectivity index (χ0n) is 11.8. The lowest BCUT2D eigenvalue weighted by molar-refractivity contribution is -0.124. The number of imide groups is 1. The second-order valence-electron chi connectivity index (χ2n) is 6.21. The number of hydrogen-bond acceptors (Lipinski definition) is 3. The zero-order chi connectivity index (χ0) is 15.4. The molecule has 2 amide bonds. The van der Waals surface area contributed by atoms with Crippen LogP contribution in [-0.4, -0.2) is 22.9 Å². The lowest BCUT2D eigenvalue weighted by atomic mass is 9.63. The summed E-state index contributed by atoms with van der Waals surface area (Å²) in [5.74, 6) is -1.71. The molecular formula is C17H15NO4. The van der Waals surface area contributed by atoms with Crippen molar-refractivity contribution in [2.24, 2.45) is 23.7 Å². The molecule has 1 aliphatic heterocycles. The van der Waals surface area contributed by atoms with Crippen molar-refractivity contribution >= 4 is 23.5 Å². The summed E-state index contributed by atoms with van der Waals surface area (Å²) in [6.45, 7) is 0. The van der Waals surface area contributed by atoms with Gasteiger partial charge in [0.1, 0.15) is 0 Å². The summed E-state index contributed by atoms with van der Waals surface area (Å²) < 4.78 is 0. The molecule has 1 aromatic rings. The normalized spacial score (nSPS) is 32.5. The summed E-state index contributed by atoms with van der Waals surface area (Å²) in [5, 5.41) is 9.09. The first-order valence-electron chi connectivity index (χ1n) is 7.47. The van der Waals surface area contributed by atoms with E-state index >= 15 is 0 Å². The fraction of sp³-hybridized carbons (Fsp3) is 0.353. The largest absolute Gasteiger partial charge is 0.478 e. The van der Waals surface area contributed by atoms with Gasteiger partial charge in [-0.05, 0) is 42.9 Å². The monoisotopic (exact) mass is 297 g/mol. The van der Waals surface area contributed by atoms with E-state index in [2.05, 4.69) is 12.2 Å². The minimum absolute atomic E-state index is 0.0778. The molecule has 2 fully saturated rings. The van der Waals surface area contributed by atoms with Crippen LogP contribution >= 0.6 is 0 Å². The number of benzene rings is 1. The number of allylic oxidation sites excluding steroid dienone is 2. The van der Waals surface area contributed by atoms with Gasteiger partial charge in [0.05, 0.1) is 23.1 Å². The second-order valence-corrected chi connectivity index (χ2v) is 6.21. The minimum atomic E-state index is -1.07. The van der Waals surface area contributed by atoms with Crippen molar-refractivity contribution in [1.82, 2.24) is 0 Å². The number of anilines is 1. The third kappa shape index (κ3) is 1.68. The predicted octanol–water partition coefficient (Wildman–Crippen LogP) is 2.09. The number of aromatic carboxylic acids is 1. The van der Waals surface area contributed by atoms with E-state index in [0.717, 1.165) is 12.8 Å². The summed E-state index contributed by atoms with van der Waals surface area (Å²) in [6.07, 6.45) is 6.03. The van der Waals surface area contributed by atoms with Crippen LogP contribution in [0.1, 0.15) is 23.2 Å². The van der Waals surface area contributed by atoms with E-state index in [1.54, 1.807) is 12.1 Å². The highest BCUT2D eigenvalue weighted by Gasteiger charge is 2.56. The van der Waals surface area contributed by atoms with E-state index in [0.29, 0.717) is 5.69 Å². The summed E-state index contributed by atoms with van der Waals surface area (Å²) in [6, 6.07) is 6.03. The fourth-order valence-corrected chi connectivity index (χ4v) is 4.11. The Hall–Kier alpha value is -2.43. The van der Waals surface area contributed by atoms with Crippen molar-refractivity contribution in [2.45, 2.75) is 12.8 Å². The van der Waals surface area contributed by atoms with E-state index in [1.165, 1.54) is 17.0 Å². The van der Waals surface area contributed by atoms with Gasteiger partial charge in [0.2, 0.25) is 11.8 Å². The summed E-state index contributed by atoms with van der Waals surface area (Å²) in [7, 11) is 0. The van der Waals surface area contributed by atoms with Crippen LogP contribution < -0.4 is 4.90 Å². The summed E-state index contributed by atoms with van der Waals surface area (Å²) >= 11 is 0. The summed E-state index contributed by atoms with van der Waals surface area (Å²) in [4.78, 5) is 37.8. The molecule has 1 aromatic carbocycles. The SMILES string of the molecule is O=C(O)c1cccc(N2C(=O)C3C4C=CC(CC4)C3C2=O)c1. The quantitative estimate of drug-likeness (QED) is 0.670. The maximum absolute atomic E-state index is 12.7. The highest BCUT2D eigenvalue weighted by Crippen LogP contribution is 2.50. The van der Waals surface area contributed by atoms with Crippen LogP contribution in [0.25, 0.3) is 0 Å². The Morgan fingerprint density at radius 1 is 1.05 bits per heavy atom. The molecule has 1 saturated heterocycles. The summed E-state index contributed by atoms with van der Waals surface area (Å²) in [5.41, 5.74) is 0.442. The molecule has 22 heavy (non-hydrogen) atoms. The van der Waals surface area contributed by atoms with Gasteiger partial charge in [-0.15, -0.1) is 0 Å². The molecule has 3 aliphatic carbocycles. The van der Waals surface area contributed by atoms with Crippen molar-refractivity contribution < 1.29 is 19.5 Å². The molecule has 5 rings (SSSR count). The standard InChI is InChI=1S/C17H15NO4/c19-15-13-9-4-5-10(7-6-9)14(13)16(20)18(15)12-3-1-2-11(8-12)17(21)22/h1-5,8-10,13-14H,6-7H2,(H,21,22). The highest BCUT2D eigenvalue weighted by atomic mass is 16.4. The molecule has 4 atom stereocenters. The molecule has 5 nitrogen and oxygen atoms in total. The topological polar surface area (TPSA) is 74.7 Å². The Balaban J connectivity index is 1.75. The van der Waals surface area contributed by atoms with E-state index in [9.17, 15) is 14.4 Å². The van der Waals surface area contributed by atoms with Crippen molar-refractivity contribution in [3.8, 4) is 0 Å². The Labute approximate surface area is 127 Å². The molecule has 1 saturated carbocycles. The van der Waals surface area contributed by atoms with E-state index < -0.39 is 5.97 Å². The maximum Gasteiger partial charge on any atom is 0.335 e. The average Bonchev–Trinajstić information content (AvgIpc) is 2.82. The van der Waals surface area contributed by atoms with Gasteiger partial charge in [0.25, 0.3) is 0 Å². The molecule has 1 N–H and O–H groups in total. The third-order valence-electron chi connectivity index (χ3n) is 5.11. The van der Waals surface area contributed by atoms with Gasteiger partial charge in [-0.1, -0.05) is 18.2 Å². The molecule has 0 spiro atoms. The fourth-order valence-electron chi connectivity index (χ4n) is 4.11. The number of carbonyl (C=O) groups is 3. The molecular weight excluding hydrogens is 282 g/mol. The van der Waals surface area contributed by atoms with Gasteiger partial charge in [-0.3, -0.25) is 9.59 Å². The van der Waals surface area contributed by atoms with Crippen molar-refractivity contribution in [1.29, 1.82) is 0 Å². The maximum atomic E-state index is 12.7. The van der Waals surface area contributed by atoms with Gasteiger partial charge >= 0.3 is 5.97 Å². The first kappa shape index (κ1) is 13.2. The van der Waals surface area contributed by atoms with Crippen LogP contribution in [-0.2, 0) is 9.59 Å². The Bertz CT molecular complexity index is 691. The molecule has 4 unspecified atom stereocenters. The number of carboxylic acid groups (broad SMARTS) is 1. The van der Waals surface area contributed by atoms with E-state index in [1.807, 2.05) is 0 Å². The number of nitrogens with zero attached hydrogens (tertiary/aromatic N) is 1. The molecule has 4 aliphatic rings. The molecule has 2 bridgehead atoms. The molecule has 1 heterocycles. The van der Waals surface area contributed by atoms with E-state index in [4.69, 9.17) is 5.11 Å². The third-order valence-corrected chi connectivity index (χ3v) is 5.11. The molecule has 112 valence electrons. The number of carboxylic acids is 1. The molecule has 5 heteroatoms. The van der Waals surface area contributed by atoms with Crippen LogP contribution in [0.3, 0.4) is 0 Å². The Kier molecular flexibility index (Phi) is 2.73. The van der Waals surface area contributed by atoms with Gasteiger partial charge < -0.3 is 5.11 Å². The number of amides is 2. The smallest absolute Gasteiger partial charge is 0.335 e. The van der Waals surface area contributed by atoms with Crippen LogP contribution in [0, 0.1) is 23.7 Å². The van der Waals surface area contributed by atoms with E-state index in [-0.39, 0.29) is 41.0 Å². The number of rotatable bonds is 2.